The van der Waals surface area contributed by atoms with E-state index in [4.69, 9.17) is 0 Å². The van der Waals surface area contributed by atoms with Crippen LogP contribution in [0.3, 0.4) is 0 Å². The van der Waals surface area contributed by atoms with Gasteiger partial charge in [-0.1, -0.05) is 84.5 Å². The standard InChI is InChI=1S/C24H46O/c1-3-5-6-7-9-21-12-16-23(17-13-21)24(18-19-25)22-14-10-20(8-4-2)11-15-22/h20-25H,3-19H2,1-2H3. The van der Waals surface area contributed by atoms with Gasteiger partial charge in [-0.3, -0.25) is 0 Å². The number of hydrogen-bond acceptors (Lipinski definition) is 1. The van der Waals surface area contributed by atoms with Crippen molar-refractivity contribution in [2.24, 2.45) is 29.6 Å². The van der Waals surface area contributed by atoms with Gasteiger partial charge >= 0.3 is 0 Å². The molecule has 0 bridgehead atoms. The molecule has 2 rings (SSSR count). The Morgan fingerprint density at radius 1 is 0.680 bits per heavy atom. The lowest BCUT2D eigenvalue weighted by atomic mass is 9.65. The van der Waals surface area contributed by atoms with Gasteiger partial charge in [-0.05, 0) is 61.7 Å². The van der Waals surface area contributed by atoms with E-state index in [1.54, 1.807) is 0 Å². The zero-order chi connectivity index (χ0) is 17.9. The third-order valence-electron chi connectivity index (χ3n) is 7.62. The van der Waals surface area contributed by atoms with Crippen LogP contribution in [-0.4, -0.2) is 11.7 Å². The first-order chi connectivity index (χ1) is 12.3. The molecule has 0 saturated heterocycles. The summed E-state index contributed by atoms with van der Waals surface area (Å²) in [6, 6.07) is 0. The molecular weight excluding hydrogens is 304 g/mol. The zero-order valence-electron chi connectivity index (χ0n) is 17.4. The molecule has 0 spiro atoms. The predicted molar refractivity (Wildman–Crippen MR) is 110 cm³/mol. The average molecular weight is 351 g/mol. The monoisotopic (exact) mass is 350 g/mol. The molecule has 2 aliphatic carbocycles. The molecule has 1 atom stereocenters. The molecular formula is C24H46O. The van der Waals surface area contributed by atoms with Crippen molar-refractivity contribution in [2.75, 3.05) is 6.61 Å². The lowest BCUT2D eigenvalue weighted by Gasteiger charge is -2.41. The van der Waals surface area contributed by atoms with E-state index in [2.05, 4.69) is 13.8 Å². The van der Waals surface area contributed by atoms with Crippen molar-refractivity contribution in [3.05, 3.63) is 0 Å². The third kappa shape index (κ3) is 7.24. The molecule has 0 aromatic heterocycles. The van der Waals surface area contributed by atoms with Crippen molar-refractivity contribution in [1.82, 2.24) is 0 Å². The largest absolute Gasteiger partial charge is 0.396 e. The van der Waals surface area contributed by atoms with E-state index in [0.29, 0.717) is 6.61 Å². The van der Waals surface area contributed by atoms with Crippen molar-refractivity contribution in [1.29, 1.82) is 0 Å². The van der Waals surface area contributed by atoms with Gasteiger partial charge in [0.2, 0.25) is 0 Å². The fourth-order valence-electron chi connectivity index (χ4n) is 6.08. The van der Waals surface area contributed by atoms with Crippen LogP contribution < -0.4 is 0 Å². The Morgan fingerprint density at radius 3 is 1.72 bits per heavy atom. The fourth-order valence-corrected chi connectivity index (χ4v) is 6.08. The van der Waals surface area contributed by atoms with Gasteiger partial charge in [0.25, 0.3) is 0 Å². The van der Waals surface area contributed by atoms with E-state index in [9.17, 15) is 5.11 Å². The van der Waals surface area contributed by atoms with Gasteiger partial charge in [0.05, 0.1) is 0 Å². The highest BCUT2D eigenvalue weighted by atomic mass is 16.3. The van der Waals surface area contributed by atoms with Crippen molar-refractivity contribution in [3.63, 3.8) is 0 Å². The summed E-state index contributed by atoms with van der Waals surface area (Å²) in [4.78, 5) is 0. The summed E-state index contributed by atoms with van der Waals surface area (Å²) in [7, 11) is 0. The maximum atomic E-state index is 9.65. The van der Waals surface area contributed by atoms with E-state index >= 15 is 0 Å². The Balaban J connectivity index is 1.74. The van der Waals surface area contributed by atoms with Gasteiger partial charge in [0, 0.05) is 6.61 Å². The number of rotatable bonds is 11. The molecule has 2 saturated carbocycles. The normalized spacial score (nSPS) is 31.8. The summed E-state index contributed by atoms with van der Waals surface area (Å²) in [5.41, 5.74) is 0. The lowest BCUT2D eigenvalue weighted by molar-refractivity contribution is 0.0856. The first-order valence-corrected chi connectivity index (χ1v) is 11.9. The van der Waals surface area contributed by atoms with Crippen molar-refractivity contribution >= 4 is 0 Å². The molecule has 2 fully saturated rings. The summed E-state index contributed by atoms with van der Waals surface area (Å²) in [5, 5.41) is 9.65. The molecule has 2 aliphatic rings. The Kier molecular flexibility index (Phi) is 10.5. The quantitative estimate of drug-likeness (QED) is 0.386. The SMILES string of the molecule is CCCCCCC1CCC(C(CCO)C2CCC(CCC)CC2)CC1. The second kappa shape index (κ2) is 12.4. The van der Waals surface area contributed by atoms with E-state index in [1.165, 1.54) is 96.3 Å². The fraction of sp³-hybridized carbons (Fsp3) is 1.00. The molecule has 148 valence electrons. The highest BCUT2D eigenvalue weighted by molar-refractivity contribution is 4.85. The minimum absolute atomic E-state index is 0.413. The summed E-state index contributed by atoms with van der Waals surface area (Å²) in [6.45, 7) is 5.06. The molecule has 0 heterocycles. The number of hydrogen-bond donors (Lipinski definition) is 1. The second-order valence-corrected chi connectivity index (χ2v) is 9.38. The minimum Gasteiger partial charge on any atom is -0.396 e. The first kappa shape index (κ1) is 21.3. The molecule has 0 amide bonds. The molecule has 1 heteroatoms. The van der Waals surface area contributed by atoms with Gasteiger partial charge in [-0.25, -0.2) is 0 Å². The van der Waals surface area contributed by atoms with E-state index < -0.39 is 0 Å². The number of aliphatic hydroxyl groups is 1. The summed E-state index contributed by atoms with van der Waals surface area (Å²) in [5.74, 6) is 4.70. The molecule has 1 nitrogen and oxygen atoms in total. The van der Waals surface area contributed by atoms with Crippen LogP contribution in [0.25, 0.3) is 0 Å². The van der Waals surface area contributed by atoms with Crippen molar-refractivity contribution < 1.29 is 5.11 Å². The molecule has 0 aliphatic heterocycles. The highest BCUT2D eigenvalue weighted by Crippen LogP contribution is 2.45. The number of aliphatic hydroxyl groups excluding tert-OH is 1. The van der Waals surface area contributed by atoms with Crippen LogP contribution in [-0.2, 0) is 0 Å². The Morgan fingerprint density at radius 2 is 1.24 bits per heavy atom. The Bertz CT molecular complexity index is 310. The van der Waals surface area contributed by atoms with Gasteiger partial charge in [0.15, 0.2) is 0 Å². The summed E-state index contributed by atoms with van der Waals surface area (Å²) >= 11 is 0. The van der Waals surface area contributed by atoms with Crippen LogP contribution in [0.5, 0.6) is 0 Å². The number of unbranched alkanes of at least 4 members (excludes halogenated alkanes) is 3. The third-order valence-corrected chi connectivity index (χ3v) is 7.62. The second-order valence-electron chi connectivity index (χ2n) is 9.38. The first-order valence-electron chi connectivity index (χ1n) is 11.9. The average Bonchev–Trinajstić information content (AvgIpc) is 2.65. The zero-order valence-corrected chi connectivity index (χ0v) is 17.4. The Labute approximate surface area is 158 Å². The molecule has 1 unspecified atom stereocenters. The Hall–Kier alpha value is -0.0400. The molecule has 0 aromatic carbocycles. The van der Waals surface area contributed by atoms with Crippen LogP contribution in [0.2, 0.25) is 0 Å². The lowest BCUT2D eigenvalue weighted by Crippen LogP contribution is -2.31. The maximum absolute atomic E-state index is 9.65. The van der Waals surface area contributed by atoms with E-state index in [1.807, 2.05) is 0 Å². The molecule has 1 N–H and O–H groups in total. The van der Waals surface area contributed by atoms with E-state index in [-0.39, 0.29) is 0 Å². The molecule has 25 heavy (non-hydrogen) atoms. The predicted octanol–water partition coefficient (Wildman–Crippen LogP) is 7.37. The van der Waals surface area contributed by atoms with Crippen LogP contribution in [0.4, 0.5) is 0 Å². The van der Waals surface area contributed by atoms with Crippen LogP contribution in [0.1, 0.15) is 117 Å². The summed E-state index contributed by atoms with van der Waals surface area (Å²) in [6.07, 6.45) is 22.8. The van der Waals surface area contributed by atoms with Crippen molar-refractivity contribution in [3.8, 4) is 0 Å². The van der Waals surface area contributed by atoms with Gasteiger partial charge in [0.1, 0.15) is 0 Å². The van der Waals surface area contributed by atoms with Crippen molar-refractivity contribution in [2.45, 2.75) is 117 Å². The van der Waals surface area contributed by atoms with Gasteiger partial charge in [-0.15, -0.1) is 0 Å². The van der Waals surface area contributed by atoms with Crippen LogP contribution >= 0.6 is 0 Å². The molecule has 0 aromatic rings. The topological polar surface area (TPSA) is 20.2 Å². The highest BCUT2D eigenvalue weighted by Gasteiger charge is 2.34. The summed E-state index contributed by atoms with van der Waals surface area (Å²) < 4.78 is 0. The maximum Gasteiger partial charge on any atom is 0.0433 e. The molecule has 0 radical (unpaired) electrons. The van der Waals surface area contributed by atoms with E-state index in [0.717, 1.165) is 36.0 Å². The van der Waals surface area contributed by atoms with Gasteiger partial charge in [-0.2, -0.15) is 0 Å². The minimum atomic E-state index is 0.413. The van der Waals surface area contributed by atoms with Crippen LogP contribution in [0, 0.1) is 29.6 Å². The van der Waals surface area contributed by atoms with Gasteiger partial charge < -0.3 is 5.11 Å². The van der Waals surface area contributed by atoms with Crippen LogP contribution in [0.15, 0.2) is 0 Å². The smallest absolute Gasteiger partial charge is 0.0433 e.